The zero-order chi connectivity index (χ0) is 17.4. The Morgan fingerprint density at radius 3 is 1.92 bits per heavy atom. The third kappa shape index (κ3) is 5.07. The van der Waals surface area contributed by atoms with Gasteiger partial charge in [-0.1, -0.05) is 66.7 Å². The van der Waals surface area contributed by atoms with E-state index < -0.39 is 11.6 Å². The number of carboxylic acids is 1. The van der Waals surface area contributed by atoms with Gasteiger partial charge in [0.2, 0.25) is 0 Å². The number of hydrogen-bond acceptors (Lipinski definition) is 2. The molecule has 0 saturated carbocycles. The van der Waals surface area contributed by atoms with E-state index in [2.05, 4.69) is 30.3 Å². The van der Waals surface area contributed by atoms with Crippen molar-refractivity contribution in [2.75, 3.05) is 0 Å². The van der Waals surface area contributed by atoms with Crippen LogP contribution in [0.15, 0.2) is 66.7 Å². The lowest BCUT2D eigenvalue weighted by Crippen LogP contribution is -2.34. The second-order valence-electron chi connectivity index (χ2n) is 6.17. The Morgan fingerprint density at radius 1 is 0.958 bits per heavy atom. The Labute approximate surface area is 143 Å². The number of aliphatic carboxylic acids is 1. The summed E-state index contributed by atoms with van der Waals surface area (Å²) in [7, 11) is 0. The number of rotatable bonds is 8. The molecule has 3 nitrogen and oxygen atoms in total. The number of carboxylic acid groups (broad SMARTS) is 1. The van der Waals surface area contributed by atoms with Crippen molar-refractivity contribution in [3.05, 3.63) is 77.9 Å². The maximum atomic E-state index is 10.9. The highest BCUT2D eigenvalue weighted by Crippen LogP contribution is 2.24. The quantitative estimate of drug-likeness (QED) is 0.702. The molecule has 1 unspecified atom stereocenters. The summed E-state index contributed by atoms with van der Waals surface area (Å²) in [4.78, 5) is 10.9. The van der Waals surface area contributed by atoms with Crippen LogP contribution in [-0.2, 0) is 4.79 Å². The van der Waals surface area contributed by atoms with Crippen molar-refractivity contribution >= 4 is 11.5 Å². The van der Waals surface area contributed by atoms with Gasteiger partial charge in [0.25, 0.3) is 0 Å². The molecular weight excluding hydrogens is 300 g/mol. The molecule has 0 aliphatic heterocycles. The molecule has 0 fully saturated rings. The van der Waals surface area contributed by atoms with E-state index in [1.165, 1.54) is 23.6 Å². The maximum Gasteiger partial charge on any atom is 0.335 e. The van der Waals surface area contributed by atoms with Crippen molar-refractivity contribution in [1.82, 2.24) is 0 Å². The first kappa shape index (κ1) is 18.0. The van der Waals surface area contributed by atoms with Crippen molar-refractivity contribution in [2.24, 2.45) is 0 Å². The molecule has 0 aromatic heterocycles. The van der Waals surface area contributed by atoms with Crippen LogP contribution in [0.25, 0.3) is 5.57 Å². The summed E-state index contributed by atoms with van der Waals surface area (Å²) in [5.41, 5.74) is 1.88. The minimum Gasteiger partial charge on any atom is -0.479 e. The number of carbonyl (C=O) groups is 1. The molecule has 0 bridgehead atoms. The molecule has 1 atom stereocenters. The molecule has 3 heteroatoms. The molecule has 2 aromatic carbocycles. The summed E-state index contributed by atoms with van der Waals surface area (Å²) in [6.45, 7) is 1.35. The summed E-state index contributed by atoms with van der Waals surface area (Å²) >= 11 is 0. The molecule has 2 aromatic rings. The lowest BCUT2D eigenvalue weighted by atomic mass is 9.95. The smallest absolute Gasteiger partial charge is 0.335 e. The van der Waals surface area contributed by atoms with Gasteiger partial charge in [-0.15, -0.1) is 0 Å². The van der Waals surface area contributed by atoms with Gasteiger partial charge in [-0.3, -0.25) is 0 Å². The highest BCUT2D eigenvalue weighted by atomic mass is 16.4. The SMILES string of the molecule is CC(O)(CCCCC=C(c1ccccc1)c1ccccc1)C(=O)O. The van der Waals surface area contributed by atoms with Crippen LogP contribution in [0, 0.1) is 0 Å². The van der Waals surface area contributed by atoms with Gasteiger partial charge in [-0.25, -0.2) is 4.79 Å². The molecule has 126 valence electrons. The average Bonchev–Trinajstić information content (AvgIpc) is 2.59. The number of hydrogen-bond donors (Lipinski definition) is 2. The molecule has 0 saturated heterocycles. The van der Waals surface area contributed by atoms with Gasteiger partial charge < -0.3 is 10.2 Å². The highest BCUT2D eigenvalue weighted by Gasteiger charge is 2.28. The Balaban J connectivity index is 2.03. The van der Waals surface area contributed by atoms with Crippen molar-refractivity contribution in [2.45, 2.75) is 38.2 Å². The van der Waals surface area contributed by atoms with Crippen LogP contribution in [0.4, 0.5) is 0 Å². The highest BCUT2D eigenvalue weighted by molar-refractivity contribution is 5.79. The molecule has 0 aliphatic rings. The van der Waals surface area contributed by atoms with E-state index >= 15 is 0 Å². The summed E-state index contributed by atoms with van der Waals surface area (Å²) in [5.74, 6) is -1.16. The van der Waals surface area contributed by atoms with E-state index in [0.29, 0.717) is 6.42 Å². The third-order valence-electron chi connectivity index (χ3n) is 4.10. The largest absolute Gasteiger partial charge is 0.479 e. The monoisotopic (exact) mass is 324 g/mol. The second kappa shape index (κ2) is 8.46. The van der Waals surface area contributed by atoms with Gasteiger partial charge in [0.05, 0.1) is 0 Å². The van der Waals surface area contributed by atoms with Crippen LogP contribution < -0.4 is 0 Å². The zero-order valence-corrected chi connectivity index (χ0v) is 14.0. The zero-order valence-electron chi connectivity index (χ0n) is 14.0. The van der Waals surface area contributed by atoms with Crippen molar-refractivity contribution < 1.29 is 15.0 Å². The fraction of sp³-hybridized carbons (Fsp3) is 0.286. The molecule has 0 heterocycles. The molecule has 0 spiro atoms. The number of benzene rings is 2. The van der Waals surface area contributed by atoms with Gasteiger partial charge in [0.15, 0.2) is 5.60 Å². The Bertz CT molecular complexity index is 631. The van der Waals surface area contributed by atoms with E-state index in [1.54, 1.807) is 0 Å². The maximum absolute atomic E-state index is 10.9. The van der Waals surface area contributed by atoms with Gasteiger partial charge >= 0.3 is 5.97 Å². The Morgan fingerprint density at radius 2 is 1.46 bits per heavy atom. The molecular formula is C21H24O3. The van der Waals surface area contributed by atoms with Crippen LogP contribution in [-0.4, -0.2) is 21.8 Å². The molecule has 0 aliphatic carbocycles. The van der Waals surface area contributed by atoms with Gasteiger partial charge in [0.1, 0.15) is 0 Å². The standard InChI is InChI=1S/C21H24O3/c1-21(24,20(22)23)16-10-4-9-15-19(17-11-5-2-6-12-17)18-13-7-3-8-14-18/h2-3,5-8,11-15,24H,4,9-10,16H2,1H3,(H,22,23). The van der Waals surface area contributed by atoms with Crippen LogP contribution in [0.2, 0.25) is 0 Å². The first-order chi connectivity index (χ1) is 11.5. The van der Waals surface area contributed by atoms with Gasteiger partial charge in [0, 0.05) is 0 Å². The third-order valence-corrected chi connectivity index (χ3v) is 4.10. The first-order valence-electron chi connectivity index (χ1n) is 8.27. The molecule has 2 rings (SSSR count). The summed E-state index contributed by atoms with van der Waals surface area (Å²) in [6.07, 6.45) is 4.82. The lowest BCUT2D eigenvalue weighted by molar-refractivity contribution is -0.157. The number of aliphatic hydroxyl groups is 1. The molecule has 0 amide bonds. The summed E-state index contributed by atoms with van der Waals surface area (Å²) in [5, 5.41) is 18.7. The van der Waals surface area contributed by atoms with Crippen LogP contribution in [0.1, 0.15) is 43.7 Å². The van der Waals surface area contributed by atoms with Crippen LogP contribution in [0.5, 0.6) is 0 Å². The van der Waals surface area contributed by atoms with E-state index in [-0.39, 0.29) is 6.42 Å². The predicted molar refractivity (Wildman–Crippen MR) is 96.7 cm³/mol. The summed E-state index contributed by atoms with van der Waals surface area (Å²) in [6, 6.07) is 20.5. The van der Waals surface area contributed by atoms with E-state index in [4.69, 9.17) is 5.11 Å². The van der Waals surface area contributed by atoms with Gasteiger partial charge in [-0.05, 0) is 49.3 Å². The summed E-state index contributed by atoms with van der Waals surface area (Å²) < 4.78 is 0. The first-order valence-corrected chi connectivity index (χ1v) is 8.27. The molecule has 2 N–H and O–H groups in total. The van der Waals surface area contributed by atoms with Crippen molar-refractivity contribution in [3.8, 4) is 0 Å². The topological polar surface area (TPSA) is 57.5 Å². The fourth-order valence-corrected chi connectivity index (χ4v) is 2.60. The number of allylic oxidation sites excluding steroid dienone is 1. The Kier molecular flexibility index (Phi) is 6.33. The van der Waals surface area contributed by atoms with E-state index in [1.807, 2.05) is 36.4 Å². The Hall–Kier alpha value is -2.39. The molecule has 24 heavy (non-hydrogen) atoms. The van der Waals surface area contributed by atoms with Crippen LogP contribution >= 0.6 is 0 Å². The van der Waals surface area contributed by atoms with Crippen LogP contribution in [0.3, 0.4) is 0 Å². The fourth-order valence-electron chi connectivity index (χ4n) is 2.60. The minimum absolute atomic E-state index is 0.266. The second-order valence-corrected chi connectivity index (χ2v) is 6.17. The lowest BCUT2D eigenvalue weighted by Gasteiger charge is -2.17. The molecule has 0 radical (unpaired) electrons. The minimum atomic E-state index is -1.63. The average molecular weight is 324 g/mol. The van der Waals surface area contributed by atoms with E-state index in [0.717, 1.165) is 12.8 Å². The normalized spacial score (nSPS) is 13.1. The van der Waals surface area contributed by atoms with E-state index in [9.17, 15) is 9.90 Å². The van der Waals surface area contributed by atoms with Gasteiger partial charge in [-0.2, -0.15) is 0 Å². The predicted octanol–water partition coefficient (Wildman–Crippen LogP) is 4.51. The van der Waals surface area contributed by atoms with Crippen molar-refractivity contribution in [3.63, 3.8) is 0 Å². The number of unbranched alkanes of at least 4 members (excludes halogenated alkanes) is 2. The van der Waals surface area contributed by atoms with Crippen molar-refractivity contribution in [1.29, 1.82) is 0 Å².